The van der Waals surface area contributed by atoms with E-state index in [1.807, 2.05) is 48.5 Å². The lowest BCUT2D eigenvalue weighted by atomic mass is 10.2. The highest BCUT2D eigenvalue weighted by Gasteiger charge is 2.07. The molecule has 0 spiro atoms. The Morgan fingerprint density at radius 3 is 2.38 bits per heavy atom. The Bertz CT molecular complexity index is 748. The smallest absolute Gasteiger partial charge is 0.243 e. The van der Waals surface area contributed by atoms with Gasteiger partial charge in [0, 0.05) is 19.3 Å². The van der Waals surface area contributed by atoms with Gasteiger partial charge in [0.05, 0.1) is 20.8 Å². The zero-order chi connectivity index (χ0) is 18.8. The molecule has 3 N–H and O–H groups in total. The Balaban J connectivity index is 1.83. The number of aliphatic imine (C=N–C) groups is 1. The molecule has 0 aliphatic carbocycles. The monoisotopic (exact) mass is 356 g/mol. The van der Waals surface area contributed by atoms with Crippen molar-refractivity contribution in [1.29, 1.82) is 0 Å². The molecular formula is C19H24N4O3. The van der Waals surface area contributed by atoms with Gasteiger partial charge in [0.15, 0.2) is 17.5 Å². The van der Waals surface area contributed by atoms with Crippen LogP contribution in [0.2, 0.25) is 0 Å². The predicted octanol–water partition coefficient (Wildman–Crippen LogP) is 2.01. The average Bonchev–Trinajstić information content (AvgIpc) is 2.68. The molecule has 26 heavy (non-hydrogen) atoms. The average molecular weight is 356 g/mol. The van der Waals surface area contributed by atoms with Gasteiger partial charge in [-0.25, -0.2) is 0 Å². The summed E-state index contributed by atoms with van der Waals surface area (Å²) in [4.78, 5) is 16.1. The van der Waals surface area contributed by atoms with Gasteiger partial charge in [0.25, 0.3) is 0 Å². The number of nitrogens with zero attached hydrogens (tertiary/aromatic N) is 1. The van der Waals surface area contributed by atoms with Crippen molar-refractivity contribution < 1.29 is 14.3 Å². The van der Waals surface area contributed by atoms with Gasteiger partial charge < -0.3 is 25.4 Å². The standard InChI is InChI=1S/C19H24N4O3/c1-20-19(22-13-18(24)23-15-7-5-4-6-8-15)21-12-14-9-10-16(25-2)17(11-14)26-3/h4-11H,12-13H2,1-3H3,(H,23,24)(H2,20,21,22). The summed E-state index contributed by atoms with van der Waals surface area (Å²) in [5, 5.41) is 8.95. The second-order valence-corrected chi connectivity index (χ2v) is 5.38. The first-order valence-electron chi connectivity index (χ1n) is 8.16. The molecule has 2 rings (SSSR count). The van der Waals surface area contributed by atoms with Gasteiger partial charge >= 0.3 is 0 Å². The second kappa shape index (κ2) is 9.93. The number of hydrogen-bond donors (Lipinski definition) is 3. The van der Waals surface area contributed by atoms with Crippen LogP contribution in [0.15, 0.2) is 53.5 Å². The zero-order valence-electron chi connectivity index (χ0n) is 15.2. The summed E-state index contributed by atoms with van der Waals surface area (Å²) in [5.41, 5.74) is 1.76. The summed E-state index contributed by atoms with van der Waals surface area (Å²) in [6.45, 7) is 0.640. The van der Waals surface area contributed by atoms with E-state index in [0.717, 1.165) is 11.3 Å². The molecule has 0 heterocycles. The number of nitrogens with one attached hydrogen (secondary N) is 3. The van der Waals surface area contributed by atoms with Gasteiger partial charge in [-0.05, 0) is 29.8 Å². The van der Waals surface area contributed by atoms with E-state index >= 15 is 0 Å². The van der Waals surface area contributed by atoms with Crippen LogP contribution >= 0.6 is 0 Å². The molecule has 7 nitrogen and oxygen atoms in total. The van der Waals surface area contributed by atoms with Gasteiger partial charge in [-0.2, -0.15) is 0 Å². The van der Waals surface area contributed by atoms with Gasteiger partial charge in [0.2, 0.25) is 5.91 Å². The summed E-state index contributed by atoms with van der Waals surface area (Å²) in [7, 11) is 4.85. The van der Waals surface area contributed by atoms with Crippen LogP contribution < -0.4 is 25.4 Å². The van der Waals surface area contributed by atoms with Crippen LogP contribution in [-0.2, 0) is 11.3 Å². The van der Waals surface area contributed by atoms with E-state index in [-0.39, 0.29) is 12.5 Å². The normalized spacial score (nSPS) is 10.8. The Morgan fingerprint density at radius 1 is 1.00 bits per heavy atom. The quantitative estimate of drug-likeness (QED) is 0.522. The first-order valence-corrected chi connectivity index (χ1v) is 8.16. The fraction of sp³-hybridized carbons (Fsp3) is 0.263. The summed E-state index contributed by atoms with van der Waals surface area (Å²) < 4.78 is 10.5. The van der Waals surface area contributed by atoms with Crippen molar-refractivity contribution in [2.45, 2.75) is 6.54 Å². The van der Waals surface area contributed by atoms with Crippen molar-refractivity contribution in [3.05, 3.63) is 54.1 Å². The fourth-order valence-corrected chi connectivity index (χ4v) is 2.29. The van der Waals surface area contributed by atoms with Gasteiger partial charge in [-0.1, -0.05) is 24.3 Å². The number of benzene rings is 2. The Kier molecular flexibility index (Phi) is 7.30. The van der Waals surface area contributed by atoms with E-state index in [9.17, 15) is 4.79 Å². The lowest BCUT2D eigenvalue weighted by molar-refractivity contribution is -0.115. The molecule has 0 atom stereocenters. The summed E-state index contributed by atoms with van der Waals surface area (Å²) in [5.74, 6) is 1.72. The Morgan fingerprint density at radius 2 is 1.73 bits per heavy atom. The molecule has 0 bridgehead atoms. The molecule has 0 aliphatic heterocycles. The third-order valence-corrected chi connectivity index (χ3v) is 3.61. The Labute approximate surface area is 153 Å². The minimum Gasteiger partial charge on any atom is -0.493 e. The topological polar surface area (TPSA) is 84.0 Å². The van der Waals surface area contributed by atoms with Gasteiger partial charge in [-0.3, -0.25) is 9.79 Å². The maximum atomic E-state index is 12.0. The summed E-state index contributed by atoms with van der Waals surface area (Å²) >= 11 is 0. The van der Waals surface area contributed by atoms with E-state index < -0.39 is 0 Å². The fourth-order valence-electron chi connectivity index (χ4n) is 2.29. The zero-order valence-corrected chi connectivity index (χ0v) is 15.2. The molecule has 0 saturated heterocycles. The van der Waals surface area contributed by atoms with E-state index in [0.29, 0.717) is 24.0 Å². The third kappa shape index (κ3) is 5.70. The van der Waals surface area contributed by atoms with E-state index in [1.165, 1.54) is 0 Å². The summed E-state index contributed by atoms with van der Waals surface area (Å²) in [6, 6.07) is 15.0. The predicted molar refractivity (Wildman–Crippen MR) is 103 cm³/mol. The molecule has 0 aliphatic rings. The van der Waals surface area contributed by atoms with Gasteiger partial charge in [-0.15, -0.1) is 0 Å². The molecule has 0 radical (unpaired) electrons. The number of carbonyl (C=O) groups excluding carboxylic acids is 1. The van der Waals surface area contributed by atoms with E-state index in [4.69, 9.17) is 9.47 Å². The largest absolute Gasteiger partial charge is 0.493 e. The maximum Gasteiger partial charge on any atom is 0.243 e. The molecule has 7 heteroatoms. The van der Waals surface area contributed by atoms with E-state index in [2.05, 4.69) is 20.9 Å². The number of anilines is 1. The molecule has 2 aromatic carbocycles. The highest BCUT2D eigenvalue weighted by atomic mass is 16.5. The number of hydrogen-bond acceptors (Lipinski definition) is 4. The number of rotatable bonds is 7. The minimum absolute atomic E-state index is 0.112. The van der Waals surface area contributed by atoms with Crippen molar-refractivity contribution in [3.8, 4) is 11.5 Å². The number of methoxy groups -OCH3 is 2. The van der Waals surface area contributed by atoms with Crippen molar-refractivity contribution in [1.82, 2.24) is 10.6 Å². The number of ether oxygens (including phenoxy) is 2. The van der Waals surface area contributed by atoms with Crippen LogP contribution in [-0.4, -0.2) is 39.7 Å². The van der Waals surface area contributed by atoms with Crippen molar-refractivity contribution in [3.63, 3.8) is 0 Å². The molecule has 1 amide bonds. The molecule has 2 aromatic rings. The summed E-state index contributed by atoms with van der Waals surface area (Å²) in [6.07, 6.45) is 0. The second-order valence-electron chi connectivity index (χ2n) is 5.38. The molecule has 0 aromatic heterocycles. The van der Waals surface area contributed by atoms with Gasteiger partial charge in [0.1, 0.15) is 0 Å². The van der Waals surface area contributed by atoms with Crippen LogP contribution in [0, 0.1) is 0 Å². The van der Waals surface area contributed by atoms with Crippen LogP contribution in [0.1, 0.15) is 5.56 Å². The van der Waals surface area contributed by atoms with Crippen molar-refractivity contribution in [2.24, 2.45) is 4.99 Å². The highest BCUT2D eigenvalue weighted by Crippen LogP contribution is 2.27. The maximum absolute atomic E-state index is 12.0. The third-order valence-electron chi connectivity index (χ3n) is 3.61. The van der Waals surface area contributed by atoms with Crippen LogP contribution in [0.25, 0.3) is 0 Å². The lowest BCUT2D eigenvalue weighted by Gasteiger charge is -2.13. The minimum atomic E-state index is -0.148. The van der Waals surface area contributed by atoms with Crippen molar-refractivity contribution in [2.75, 3.05) is 33.1 Å². The van der Waals surface area contributed by atoms with Crippen molar-refractivity contribution >= 4 is 17.6 Å². The number of amides is 1. The van der Waals surface area contributed by atoms with Crippen LogP contribution in [0.5, 0.6) is 11.5 Å². The highest BCUT2D eigenvalue weighted by molar-refractivity contribution is 5.94. The molecular weight excluding hydrogens is 332 g/mol. The first-order chi connectivity index (χ1) is 12.7. The van der Waals surface area contributed by atoms with Crippen LogP contribution in [0.4, 0.5) is 5.69 Å². The Hall–Kier alpha value is -3.22. The number of para-hydroxylation sites is 1. The molecule has 138 valence electrons. The lowest BCUT2D eigenvalue weighted by Crippen LogP contribution is -2.41. The molecule has 0 saturated carbocycles. The van der Waals surface area contributed by atoms with Crippen LogP contribution in [0.3, 0.4) is 0 Å². The molecule has 0 unspecified atom stereocenters. The SMILES string of the molecule is CN=C(NCC(=O)Nc1ccccc1)NCc1ccc(OC)c(OC)c1. The first kappa shape index (κ1) is 19.1. The number of guanidine groups is 1. The number of carbonyl (C=O) groups is 1. The van der Waals surface area contributed by atoms with E-state index in [1.54, 1.807) is 21.3 Å². The molecule has 0 fully saturated rings.